The lowest BCUT2D eigenvalue weighted by Crippen LogP contribution is -2.08. The molecule has 1 nitrogen and oxygen atoms in total. The van der Waals surface area contributed by atoms with Crippen molar-refractivity contribution in [2.75, 3.05) is 0 Å². The van der Waals surface area contributed by atoms with Gasteiger partial charge in [0.25, 0.3) is 0 Å². The lowest BCUT2D eigenvalue weighted by atomic mass is 9.96. The summed E-state index contributed by atoms with van der Waals surface area (Å²) in [7, 11) is 0. The molecule has 0 saturated carbocycles. The fourth-order valence-electron chi connectivity index (χ4n) is 2.09. The summed E-state index contributed by atoms with van der Waals surface area (Å²) in [6, 6.07) is 3.93. The number of benzene rings is 1. The molecule has 1 aromatic heterocycles. The number of rotatable bonds is 2. The maximum absolute atomic E-state index is 13.0. The minimum atomic E-state index is -4.63. The van der Waals surface area contributed by atoms with Gasteiger partial charge in [-0.05, 0) is 35.7 Å². The summed E-state index contributed by atoms with van der Waals surface area (Å²) in [5.74, 6) is -0.209. The number of aromatic nitrogens is 1. The minimum absolute atomic E-state index is 0.0206. The van der Waals surface area contributed by atoms with Crippen molar-refractivity contribution in [1.29, 1.82) is 0 Å². The number of alkyl halides is 6. The lowest BCUT2D eigenvalue weighted by Gasteiger charge is -2.15. The van der Waals surface area contributed by atoms with Crippen molar-refractivity contribution in [3.05, 3.63) is 52.2 Å². The van der Waals surface area contributed by atoms with Crippen LogP contribution in [-0.2, 0) is 12.4 Å². The van der Waals surface area contributed by atoms with Gasteiger partial charge in [0.15, 0.2) is 0 Å². The van der Waals surface area contributed by atoms with E-state index in [1.165, 1.54) is 6.07 Å². The highest BCUT2D eigenvalue weighted by Crippen LogP contribution is 2.38. The molecule has 0 aliphatic rings. The maximum atomic E-state index is 13.0. The number of halogens is 7. The molecule has 8 heteroatoms. The number of pyridine rings is 1. The van der Waals surface area contributed by atoms with E-state index in [4.69, 9.17) is 11.6 Å². The first-order chi connectivity index (χ1) is 10.9. The molecule has 24 heavy (non-hydrogen) atoms. The first-order valence-corrected chi connectivity index (χ1v) is 7.22. The molecule has 0 amide bonds. The van der Waals surface area contributed by atoms with Crippen LogP contribution >= 0.6 is 11.6 Å². The van der Waals surface area contributed by atoms with E-state index in [1.807, 2.05) is 0 Å². The zero-order valence-electron chi connectivity index (χ0n) is 12.6. The number of hydrogen-bond donors (Lipinski definition) is 0. The van der Waals surface area contributed by atoms with Gasteiger partial charge in [0, 0.05) is 11.8 Å². The van der Waals surface area contributed by atoms with Crippen LogP contribution in [0, 0.1) is 0 Å². The van der Waals surface area contributed by atoms with Gasteiger partial charge in [0.05, 0.1) is 21.8 Å². The average molecular weight is 368 g/mol. The van der Waals surface area contributed by atoms with Crippen LogP contribution in [0.5, 0.6) is 0 Å². The van der Waals surface area contributed by atoms with Crippen LogP contribution in [0.3, 0.4) is 0 Å². The first-order valence-electron chi connectivity index (χ1n) is 6.85. The third kappa shape index (κ3) is 4.01. The van der Waals surface area contributed by atoms with Crippen LogP contribution in [0.15, 0.2) is 30.5 Å². The zero-order chi connectivity index (χ0) is 18.3. The van der Waals surface area contributed by atoms with Gasteiger partial charge in [0.2, 0.25) is 0 Å². The van der Waals surface area contributed by atoms with E-state index in [-0.39, 0.29) is 22.2 Å². The Bertz CT molecular complexity index is 749. The molecule has 0 aliphatic carbocycles. The van der Waals surface area contributed by atoms with Crippen LogP contribution in [0.4, 0.5) is 26.3 Å². The van der Waals surface area contributed by atoms with Crippen molar-refractivity contribution in [3.63, 3.8) is 0 Å². The molecule has 0 saturated heterocycles. The van der Waals surface area contributed by atoms with Crippen LogP contribution in [0.2, 0.25) is 5.02 Å². The summed E-state index contributed by atoms with van der Waals surface area (Å²) < 4.78 is 77.1. The zero-order valence-corrected chi connectivity index (χ0v) is 13.3. The van der Waals surface area contributed by atoms with Gasteiger partial charge in [-0.1, -0.05) is 25.4 Å². The minimum Gasteiger partial charge on any atom is -0.254 e. The Balaban J connectivity index is 2.62. The molecule has 1 heterocycles. The van der Waals surface area contributed by atoms with Gasteiger partial charge in [-0.2, -0.15) is 26.3 Å². The summed E-state index contributed by atoms with van der Waals surface area (Å²) in [4.78, 5) is 3.62. The van der Waals surface area contributed by atoms with Gasteiger partial charge >= 0.3 is 12.4 Å². The molecule has 0 bridgehead atoms. The lowest BCUT2D eigenvalue weighted by molar-refractivity contribution is -0.138. The van der Waals surface area contributed by atoms with E-state index in [1.54, 1.807) is 13.8 Å². The van der Waals surface area contributed by atoms with Crippen molar-refractivity contribution >= 4 is 11.6 Å². The summed E-state index contributed by atoms with van der Waals surface area (Å²) in [5.41, 5.74) is -1.68. The largest absolute Gasteiger partial charge is 0.417 e. The van der Waals surface area contributed by atoms with Crippen molar-refractivity contribution < 1.29 is 26.3 Å². The first kappa shape index (κ1) is 18.6. The van der Waals surface area contributed by atoms with Gasteiger partial charge < -0.3 is 0 Å². The average Bonchev–Trinajstić information content (AvgIpc) is 2.44. The Morgan fingerprint density at radius 3 is 1.92 bits per heavy atom. The predicted molar refractivity (Wildman–Crippen MR) is 78.8 cm³/mol. The monoisotopic (exact) mass is 367 g/mol. The maximum Gasteiger partial charge on any atom is 0.417 e. The molecule has 0 spiro atoms. The molecule has 2 rings (SSSR count). The third-order valence-electron chi connectivity index (χ3n) is 3.39. The Morgan fingerprint density at radius 2 is 1.46 bits per heavy atom. The summed E-state index contributed by atoms with van der Waals surface area (Å²) in [6.07, 6.45) is -8.67. The van der Waals surface area contributed by atoms with Gasteiger partial charge in [0.1, 0.15) is 0 Å². The Labute approximate surface area is 139 Å². The third-order valence-corrected chi connectivity index (χ3v) is 3.68. The van der Waals surface area contributed by atoms with E-state index in [9.17, 15) is 26.3 Å². The summed E-state index contributed by atoms with van der Waals surface area (Å²) in [5, 5.41) is -0.362. The highest BCUT2D eigenvalue weighted by atomic mass is 35.5. The van der Waals surface area contributed by atoms with Crippen molar-refractivity contribution in [2.45, 2.75) is 32.1 Å². The Kier molecular flexibility index (Phi) is 4.86. The van der Waals surface area contributed by atoms with Crippen LogP contribution in [0.1, 0.15) is 36.5 Å². The molecule has 0 N–H and O–H groups in total. The second-order valence-corrected chi connectivity index (χ2v) is 5.96. The SMILES string of the molecule is CC(C)c1cc(-c2ncc(C(F)(F)F)cc2Cl)cc(C(F)(F)F)c1. The summed E-state index contributed by atoms with van der Waals surface area (Å²) >= 11 is 5.82. The standard InChI is InChI=1S/C16H12ClF6N/c1-8(2)9-3-10(5-11(4-9)15(18,19)20)14-13(17)6-12(7-24-14)16(21,22)23/h3-8H,1-2H3. The smallest absolute Gasteiger partial charge is 0.254 e. The molecular formula is C16H12ClF6N. The fourth-order valence-corrected chi connectivity index (χ4v) is 2.37. The highest BCUT2D eigenvalue weighted by molar-refractivity contribution is 6.33. The second-order valence-electron chi connectivity index (χ2n) is 5.55. The highest BCUT2D eigenvalue weighted by Gasteiger charge is 2.33. The van der Waals surface area contributed by atoms with E-state index in [0.717, 1.165) is 12.1 Å². The molecule has 0 atom stereocenters. The van der Waals surface area contributed by atoms with Gasteiger partial charge in [-0.25, -0.2) is 0 Å². The van der Waals surface area contributed by atoms with Crippen molar-refractivity contribution in [1.82, 2.24) is 4.98 Å². The Morgan fingerprint density at radius 1 is 0.875 bits per heavy atom. The number of hydrogen-bond acceptors (Lipinski definition) is 1. The normalized spacial score (nSPS) is 12.8. The van der Waals surface area contributed by atoms with Crippen LogP contribution in [-0.4, -0.2) is 4.98 Å². The van der Waals surface area contributed by atoms with Crippen LogP contribution < -0.4 is 0 Å². The number of nitrogens with zero attached hydrogens (tertiary/aromatic N) is 1. The van der Waals surface area contributed by atoms with E-state index < -0.39 is 23.5 Å². The van der Waals surface area contributed by atoms with Crippen molar-refractivity contribution in [3.8, 4) is 11.3 Å². The van der Waals surface area contributed by atoms with E-state index in [0.29, 0.717) is 17.8 Å². The molecule has 0 aliphatic heterocycles. The Hall–Kier alpha value is -1.76. The van der Waals surface area contributed by atoms with Gasteiger partial charge in [-0.3, -0.25) is 4.98 Å². The van der Waals surface area contributed by atoms with Crippen LogP contribution in [0.25, 0.3) is 11.3 Å². The quantitative estimate of drug-likeness (QED) is 0.547. The molecule has 0 radical (unpaired) electrons. The van der Waals surface area contributed by atoms with Crippen molar-refractivity contribution in [2.24, 2.45) is 0 Å². The second kappa shape index (κ2) is 6.27. The molecule has 0 unspecified atom stereocenters. The fraction of sp³-hybridized carbons (Fsp3) is 0.312. The molecule has 1 aromatic carbocycles. The van der Waals surface area contributed by atoms with Gasteiger partial charge in [-0.15, -0.1) is 0 Å². The predicted octanol–water partition coefficient (Wildman–Crippen LogP) is 6.56. The molecule has 130 valence electrons. The molecule has 0 fully saturated rings. The molecular weight excluding hydrogens is 356 g/mol. The molecule has 2 aromatic rings. The summed E-state index contributed by atoms with van der Waals surface area (Å²) in [6.45, 7) is 3.42. The van der Waals surface area contributed by atoms with E-state index in [2.05, 4.69) is 4.98 Å². The van der Waals surface area contributed by atoms with E-state index >= 15 is 0 Å². The topological polar surface area (TPSA) is 12.9 Å².